The molecule has 1 saturated carbocycles. The molecule has 9 nitrogen and oxygen atoms in total. The van der Waals surface area contributed by atoms with Crippen LogP contribution < -0.4 is 10.1 Å². The van der Waals surface area contributed by atoms with Gasteiger partial charge in [0, 0.05) is 62.3 Å². The second kappa shape index (κ2) is 11.7. The number of rotatable bonds is 7. The highest BCUT2D eigenvalue weighted by atomic mass is 16.5. The largest absolute Gasteiger partial charge is 0.489 e. The molecule has 0 spiro atoms. The molecular formula is C34H38N4O5. The summed E-state index contributed by atoms with van der Waals surface area (Å²) in [5.74, 6) is 0.417. The molecule has 0 bridgehead atoms. The zero-order chi connectivity index (χ0) is 29.5. The molecular weight excluding hydrogens is 544 g/mol. The van der Waals surface area contributed by atoms with Gasteiger partial charge in [0.15, 0.2) is 0 Å². The lowest BCUT2D eigenvalue weighted by Gasteiger charge is -2.29. The van der Waals surface area contributed by atoms with Crippen LogP contribution in [0.2, 0.25) is 0 Å². The molecule has 1 N–H and O–H groups in total. The predicted octanol–water partition coefficient (Wildman–Crippen LogP) is 4.32. The van der Waals surface area contributed by atoms with E-state index in [0.29, 0.717) is 30.6 Å². The summed E-state index contributed by atoms with van der Waals surface area (Å²) in [6, 6.07) is 16.0. The Morgan fingerprint density at radius 3 is 2.60 bits per heavy atom. The molecule has 224 valence electrons. The second-order valence-corrected chi connectivity index (χ2v) is 12.5. The molecule has 2 saturated heterocycles. The molecule has 4 aliphatic rings. The van der Waals surface area contributed by atoms with Crippen LogP contribution in [0.15, 0.2) is 48.5 Å². The standard InChI is InChI=1S/C34H38N4O5/c1-42-25-6-3-22(4-7-25)29-11-5-23-16-21(2-10-30(23)35-29)18-37-15-14-27(20-37)43-26-8-9-28-24(17-26)19-38(34(28)41)31-12-13-32(39)36-33(31)40/h2,5,8-11,16-17,22,25,27,31H,3-4,6-7,12-15,18-20H2,1H3,(H,36,39,40)/t22?,25?,27-,31?/m0/s1. The maximum atomic E-state index is 13.0. The Hall–Kier alpha value is -3.82. The van der Waals surface area contributed by atoms with Crippen LogP contribution in [0.3, 0.4) is 0 Å². The van der Waals surface area contributed by atoms with Crippen molar-refractivity contribution >= 4 is 28.6 Å². The maximum absolute atomic E-state index is 13.0. The molecule has 4 heterocycles. The normalized spacial score (nSPS) is 26.2. The van der Waals surface area contributed by atoms with Gasteiger partial charge in [-0.3, -0.25) is 29.6 Å². The van der Waals surface area contributed by atoms with Crippen molar-refractivity contribution in [3.8, 4) is 5.75 Å². The van der Waals surface area contributed by atoms with E-state index in [4.69, 9.17) is 14.5 Å². The first kappa shape index (κ1) is 28.0. The Morgan fingerprint density at radius 1 is 0.930 bits per heavy atom. The average molecular weight is 583 g/mol. The van der Waals surface area contributed by atoms with Gasteiger partial charge in [0.25, 0.3) is 5.91 Å². The fraction of sp³-hybridized carbons (Fsp3) is 0.471. The minimum Gasteiger partial charge on any atom is -0.489 e. The number of imide groups is 1. The van der Waals surface area contributed by atoms with Crippen LogP contribution in [0.1, 0.15) is 78.0 Å². The van der Waals surface area contributed by atoms with Gasteiger partial charge in [0.2, 0.25) is 11.8 Å². The number of ether oxygens (including phenoxy) is 2. The van der Waals surface area contributed by atoms with Crippen LogP contribution >= 0.6 is 0 Å². The third kappa shape index (κ3) is 5.76. The Morgan fingerprint density at radius 2 is 1.79 bits per heavy atom. The van der Waals surface area contributed by atoms with E-state index in [1.165, 1.54) is 16.6 Å². The molecule has 1 aliphatic carbocycles. The smallest absolute Gasteiger partial charge is 0.255 e. The van der Waals surface area contributed by atoms with Gasteiger partial charge in [-0.15, -0.1) is 0 Å². The summed E-state index contributed by atoms with van der Waals surface area (Å²) >= 11 is 0. The highest BCUT2D eigenvalue weighted by Gasteiger charge is 2.39. The number of nitrogens with zero attached hydrogens (tertiary/aromatic N) is 3. The van der Waals surface area contributed by atoms with Gasteiger partial charge in [-0.2, -0.15) is 0 Å². The number of carbonyl (C=O) groups excluding carboxylic acids is 3. The number of piperidine rings is 1. The minimum absolute atomic E-state index is 0.0688. The van der Waals surface area contributed by atoms with Crippen molar-refractivity contribution in [1.82, 2.24) is 20.1 Å². The quantitative estimate of drug-likeness (QED) is 0.414. The van der Waals surface area contributed by atoms with Crippen molar-refractivity contribution in [3.63, 3.8) is 0 Å². The summed E-state index contributed by atoms with van der Waals surface area (Å²) in [5.41, 5.74) is 4.99. The van der Waals surface area contributed by atoms with Crippen LogP contribution in [0.4, 0.5) is 0 Å². The number of fused-ring (bicyclic) bond motifs is 2. The zero-order valence-electron chi connectivity index (χ0n) is 24.6. The van der Waals surface area contributed by atoms with Gasteiger partial charge in [0.1, 0.15) is 17.9 Å². The first-order valence-corrected chi connectivity index (χ1v) is 15.5. The number of aromatic nitrogens is 1. The van der Waals surface area contributed by atoms with E-state index >= 15 is 0 Å². The number of likely N-dealkylation sites (tertiary alicyclic amines) is 1. The molecule has 3 fully saturated rings. The summed E-state index contributed by atoms with van der Waals surface area (Å²) in [5, 5.41) is 3.53. The average Bonchev–Trinajstić information content (AvgIpc) is 3.59. The van der Waals surface area contributed by atoms with E-state index in [1.807, 2.05) is 19.2 Å². The molecule has 3 amide bonds. The van der Waals surface area contributed by atoms with Crippen molar-refractivity contribution < 1.29 is 23.9 Å². The van der Waals surface area contributed by atoms with E-state index in [0.717, 1.165) is 68.6 Å². The molecule has 1 aromatic heterocycles. The Balaban J connectivity index is 0.945. The topological polar surface area (TPSA) is 101 Å². The molecule has 9 heteroatoms. The Labute approximate surface area is 251 Å². The second-order valence-electron chi connectivity index (χ2n) is 12.5. The van der Waals surface area contributed by atoms with Crippen LogP contribution in [-0.2, 0) is 27.4 Å². The molecule has 1 unspecified atom stereocenters. The molecule has 0 radical (unpaired) electrons. The Bertz CT molecular complexity index is 1570. The van der Waals surface area contributed by atoms with Crippen molar-refractivity contribution in [1.29, 1.82) is 0 Å². The number of amides is 3. The summed E-state index contributed by atoms with van der Waals surface area (Å²) in [6.07, 6.45) is 6.49. The number of methoxy groups -OCH3 is 1. The van der Waals surface area contributed by atoms with Crippen molar-refractivity contribution in [3.05, 3.63) is 70.9 Å². The van der Waals surface area contributed by atoms with Crippen molar-refractivity contribution in [2.45, 2.75) is 82.2 Å². The highest BCUT2D eigenvalue weighted by Crippen LogP contribution is 2.34. The fourth-order valence-corrected chi connectivity index (χ4v) is 7.22. The highest BCUT2D eigenvalue weighted by molar-refractivity contribution is 6.05. The fourth-order valence-electron chi connectivity index (χ4n) is 7.22. The number of hydrogen-bond donors (Lipinski definition) is 1. The molecule has 43 heavy (non-hydrogen) atoms. The molecule has 7 rings (SSSR count). The van der Waals surface area contributed by atoms with Gasteiger partial charge in [-0.25, -0.2) is 0 Å². The lowest BCUT2D eigenvalue weighted by Crippen LogP contribution is -2.52. The van der Waals surface area contributed by atoms with E-state index in [2.05, 4.69) is 40.5 Å². The molecule has 3 aromatic rings. The molecule has 2 aromatic carbocycles. The van der Waals surface area contributed by atoms with Crippen LogP contribution in [0.5, 0.6) is 5.75 Å². The van der Waals surface area contributed by atoms with Gasteiger partial charge >= 0.3 is 0 Å². The zero-order valence-corrected chi connectivity index (χ0v) is 24.6. The molecule has 2 atom stereocenters. The summed E-state index contributed by atoms with van der Waals surface area (Å²) in [6.45, 7) is 2.99. The van der Waals surface area contributed by atoms with E-state index in [-0.39, 0.29) is 24.3 Å². The van der Waals surface area contributed by atoms with Crippen molar-refractivity contribution in [2.75, 3.05) is 20.2 Å². The summed E-state index contributed by atoms with van der Waals surface area (Å²) < 4.78 is 11.9. The monoisotopic (exact) mass is 582 g/mol. The number of nitrogens with one attached hydrogen (secondary N) is 1. The van der Waals surface area contributed by atoms with Crippen LogP contribution in [0.25, 0.3) is 10.9 Å². The van der Waals surface area contributed by atoms with Crippen LogP contribution in [-0.4, -0.2) is 71.0 Å². The summed E-state index contributed by atoms with van der Waals surface area (Å²) in [7, 11) is 1.81. The number of benzene rings is 2. The lowest BCUT2D eigenvalue weighted by atomic mass is 9.85. The van der Waals surface area contributed by atoms with Crippen molar-refractivity contribution in [2.24, 2.45) is 0 Å². The third-order valence-electron chi connectivity index (χ3n) is 9.63. The van der Waals surface area contributed by atoms with Gasteiger partial charge < -0.3 is 14.4 Å². The third-order valence-corrected chi connectivity index (χ3v) is 9.63. The number of pyridine rings is 1. The maximum Gasteiger partial charge on any atom is 0.255 e. The van der Waals surface area contributed by atoms with Crippen LogP contribution in [0, 0.1) is 0 Å². The van der Waals surface area contributed by atoms with E-state index in [1.54, 1.807) is 11.0 Å². The SMILES string of the molecule is COC1CCC(c2ccc3cc(CN4CC[C@H](Oc5ccc6c(c5)CN(C5CCC(=O)NC5=O)C6=O)C4)ccc3n2)CC1. The predicted molar refractivity (Wildman–Crippen MR) is 161 cm³/mol. The van der Waals surface area contributed by atoms with Gasteiger partial charge in [0.05, 0.1) is 11.6 Å². The minimum atomic E-state index is -0.612. The van der Waals surface area contributed by atoms with Gasteiger partial charge in [-0.1, -0.05) is 12.1 Å². The Kier molecular flexibility index (Phi) is 7.61. The molecule has 3 aliphatic heterocycles. The van der Waals surface area contributed by atoms with E-state index in [9.17, 15) is 14.4 Å². The van der Waals surface area contributed by atoms with Gasteiger partial charge in [-0.05, 0) is 86.1 Å². The first-order valence-electron chi connectivity index (χ1n) is 15.5. The van der Waals surface area contributed by atoms with E-state index < -0.39 is 11.9 Å². The summed E-state index contributed by atoms with van der Waals surface area (Å²) in [4.78, 5) is 45.9. The lowest BCUT2D eigenvalue weighted by molar-refractivity contribution is -0.136. The number of hydrogen-bond acceptors (Lipinski definition) is 7. The number of carbonyl (C=O) groups is 3. The first-order chi connectivity index (χ1) is 20.9.